The molecule has 0 atom stereocenters. The molecule has 0 fully saturated rings. The van der Waals surface area contributed by atoms with Crippen molar-refractivity contribution in [2.24, 2.45) is 0 Å². The number of amides is 1. The van der Waals surface area contributed by atoms with Crippen molar-refractivity contribution in [1.29, 1.82) is 0 Å². The molecule has 3 rings (SSSR count). The minimum atomic E-state index is -0.303. The van der Waals surface area contributed by atoms with Gasteiger partial charge < -0.3 is 14.8 Å². The van der Waals surface area contributed by atoms with Gasteiger partial charge in [-0.2, -0.15) is 0 Å². The molecular weight excluding hydrogens is 393 g/mol. The molecule has 3 aromatic carbocycles. The van der Waals surface area contributed by atoms with E-state index in [1.807, 2.05) is 18.2 Å². The summed E-state index contributed by atoms with van der Waals surface area (Å²) in [5, 5.41) is 2.86. The molecule has 1 amide bonds. The Bertz CT molecular complexity index is 1040. The van der Waals surface area contributed by atoms with Crippen LogP contribution >= 0.6 is 0 Å². The molecule has 0 bridgehead atoms. The summed E-state index contributed by atoms with van der Waals surface area (Å²) in [6.07, 6.45) is 0. The minimum Gasteiger partial charge on any atom is -0.496 e. The summed E-state index contributed by atoms with van der Waals surface area (Å²) in [7, 11) is 1.59. The van der Waals surface area contributed by atoms with Gasteiger partial charge in [0.25, 0.3) is 5.91 Å². The van der Waals surface area contributed by atoms with Crippen LogP contribution in [0.2, 0.25) is 0 Å². The zero-order valence-electron chi connectivity index (χ0n) is 18.4. The average Bonchev–Trinajstić information content (AvgIpc) is 2.76. The highest BCUT2D eigenvalue weighted by Crippen LogP contribution is 2.32. The Hall–Kier alpha value is -3.34. The Morgan fingerprint density at radius 3 is 2.35 bits per heavy atom. The number of carbonyl (C=O) groups is 1. The van der Waals surface area contributed by atoms with E-state index < -0.39 is 0 Å². The molecule has 0 aliphatic heterocycles. The zero-order chi connectivity index (χ0) is 22.4. The van der Waals surface area contributed by atoms with Crippen LogP contribution in [0.4, 0.5) is 4.39 Å². The maximum absolute atomic E-state index is 13.0. The molecule has 0 aliphatic carbocycles. The number of carbonyl (C=O) groups excluding carboxylic acids is 1. The lowest BCUT2D eigenvalue weighted by Gasteiger charge is -2.23. The topological polar surface area (TPSA) is 47.6 Å². The molecule has 3 aromatic rings. The first-order valence-electron chi connectivity index (χ1n) is 10.2. The van der Waals surface area contributed by atoms with Crippen LogP contribution in [0.15, 0.2) is 66.7 Å². The predicted molar refractivity (Wildman–Crippen MR) is 120 cm³/mol. The summed E-state index contributed by atoms with van der Waals surface area (Å²) in [4.78, 5) is 12.6. The van der Waals surface area contributed by atoms with Crippen LogP contribution in [-0.2, 0) is 18.6 Å². The molecule has 0 radical (unpaired) electrons. The van der Waals surface area contributed by atoms with Crippen molar-refractivity contribution >= 4 is 5.91 Å². The number of halogens is 1. The fourth-order valence-electron chi connectivity index (χ4n) is 3.29. The van der Waals surface area contributed by atoms with Gasteiger partial charge in [0.15, 0.2) is 0 Å². The molecular formula is C26H28FNO3. The number of methoxy groups -OCH3 is 1. The second kappa shape index (κ2) is 9.65. The third kappa shape index (κ3) is 5.85. The quantitative estimate of drug-likeness (QED) is 0.537. The van der Waals surface area contributed by atoms with E-state index in [2.05, 4.69) is 32.2 Å². The molecule has 0 heterocycles. The second-order valence-electron chi connectivity index (χ2n) is 8.37. The molecule has 0 unspecified atom stereocenters. The van der Waals surface area contributed by atoms with Gasteiger partial charge in [0, 0.05) is 17.7 Å². The number of rotatable bonds is 7. The maximum atomic E-state index is 13.0. The summed E-state index contributed by atoms with van der Waals surface area (Å²) in [5.74, 6) is 0.942. The minimum absolute atomic E-state index is 0.0528. The Labute approximate surface area is 183 Å². The smallest absolute Gasteiger partial charge is 0.251 e. The Kier molecular flexibility index (Phi) is 6.95. The summed E-state index contributed by atoms with van der Waals surface area (Å²) in [5.41, 5.74) is 3.17. The largest absolute Gasteiger partial charge is 0.496 e. The number of hydrogen-bond acceptors (Lipinski definition) is 3. The molecule has 0 aliphatic rings. The molecule has 31 heavy (non-hydrogen) atoms. The van der Waals surface area contributed by atoms with E-state index in [1.54, 1.807) is 37.4 Å². The summed E-state index contributed by atoms with van der Waals surface area (Å²) in [6.45, 7) is 7.01. The van der Waals surface area contributed by atoms with Crippen molar-refractivity contribution in [3.05, 3.63) is 94.8 Å². The highest BCUT2D eigenvalue weighted by Gasteiger charge is 2.19. The van der Waals surface area contributed by atoms with E-state index in [-0.39, 0.29) is 23.7 Å². The number of para-hydroxylation sites is 1. The van der Waals surface area contributed by atoms with Gasteiger partial charge in [-0.25, -0.2) is 4.39 Å². The Morgan fingerprint density at radius 2 is 1.68 bits per heavy atom. The molecule has 0 aromatic heterocycles. The van der Waals surface area contributed by atoms with E-state index in [9.17, 15) is 9.18 Å². The van der Waals surface area contributed by atoms with Crippen LogP contribution in [0, 0.1) is 5.82 Å². The molecule has 1 N–H and O–H groups in total. The first-order chi connectivity index (χ1) is 14.8. The average molecular weight is 422 g/mol. The van der Waals surface area contributed by atoms with Gasteiger partial charge in [0.05, 0.1) is 7.11 Å². The van der Waals surface area contributed by atoms with Gasteiger partial charge in [0.1, 0.15) is 23.9 Å². The van der Waals surface area contributed by atoms with Gasteiger partial charge in [-0.15, -0.1) is 0 Å². The van der Waals surface area contributed by atoms with Gasteiger partial charge in [-0.3, -0.25) is 4.79 Å². The zero-order valence-corrected chi connectivity index (χ0v) is 18.4. The monoisotopic (exact) mass is 421 g/mol. The lowest BCUT2D eigenvalue weighted by atomic mass is 9.86. The Morgan fingerprint density at radius 1 is 0.968 bits per heavy atom. The normalized spacial score (nSPS) is 11.1. The SMILES string of the molecule is COc1ccc(C(=O)NCc2ccc(F)cc2)cc1COc1ccccc1C(C)(C)C. The van der Waals surface area contributed by atoms with Crippen LogP contribution in [0.5, 0.6) is 11.5 Å². The maximum Gasteiger partial charge on any atom is 0.251 e. The highest BCUT2D eigenvalue weighted by molar-refractivity contribution is 5.94. The first kappa shape index (κ1) is 22.3. The molecule has 162 valence electrons. The molecule has 5 heteroatoms. The highest BCUT2D eigenvalue weighted by atomic mass is 19.1. The van der Waals surface area contributed by atoms with E-state index in [0.717, 1.165) is 22.4 Å². The van der Waals surface area contributed by atoms with Gasteiger partial charge in [0.2, 0.25) is 0 Å². The molecule has 0 saturated heterocycles. The molecule has 0 spiro atoms. The molecule has 4 nitrogen and oxygen atoms in total. The van der Waals surface area contributed by atoms with Crippen LogP contribution < -0.4 is 14.8 Å². The van der Waals surface area contributed by atoms with Crippen molar-refractivity contribution < 1.29 is 18.7 Å². The van der Waals surface area contributed by atoms with Gasteiger partial charge in [-0.05, 0) is 52.9 Å². The van der Waals surface area contributed by atoms with Gasteiger partial charge in [-0.1, -0.05) is 51.1 Å². The van der Waals surface area contributed by atoms with Crippen molar-refractivity contribution in [3.63, 3.8) is 0 Å². The van der Waals surface area contributed by atoms with Crippen LogP contribution in [-0.4, -0.2) is 13.0 Å². The van der Waals surface area contributed by atoms with Crippen LogP contribution in [0.25, 0.3) is 0 Å². The first-order valence-corrected chi connectivity index (χ1v) is 10.2. The van der Waals surface area contributed by atoms with E-state index in [1.165, 1.54) is 12.1 Å². The van der Waals surface area contributed by atoms with Crippen LogP contribution in [0.3, 0.4) is 0 Å². The van der Waals surface area contributed by atoms with E-state index in [4.69, 9.17) is 9.47 Å². The van der Waals surface area contributed by atoms with Crippen molar-refractivity contribution in [2.75, 3.05) is 7.11 Å². The van der Waals surface area contributed by atoms with E-state index >= 15 is 0 Å². The van der Waals surface area contributed by atoms with Gasteiger partial charge >= 0.3 is 0 Å². The molecule has 0 saturated carbocycles. The fourth-order valence-corrected chi connectivity index (χ4v) is 3.29. The standard InChI is InChI=1S/C26H28FNO3/c1-26(2,3)22-7-5-6-8-24(22)31-17-20-15-19(11-14-23(20)30-4)25(29)28-16-18-9-12-21(27)13-10-18/h5-15H,16-17H2,1-4H3,(H,28,29). The number of hydrogen-bond donors (Lipinski definition) is 1. The van der Waals surface area contributed by atoms with E-state index in [0.29, 0.717) is 17.9 Å². The second-order valence-corrected chi connectivity index (χ2v) is 8.37. The third-order valence-corrected chi connectivity index (χ3v) is 4.99. The number of nitrogens with one attached hydrogen (secondary N) is 1. The fraction of sp³-hybridized carbons (Fsp3) is 0.269. The lowest BCUT2D eigenvalue weighted by Crippen LogP contribution is -2.23. The Balaban J connectivity index is 1.73. The summed E-state index contributed by atoms with van der Waals surface area (Å²) < 4.78 is 24.6. The lowest BCUT2D eigenvalue weighted by molar-refractivity contribution is 0.0950. The van der Waals surface area contributed by atoms with Crippen molar-refractivity contribution in [3.8, 4) is 11.5 Å². The third-order valence-electron chi connectivity index (χ3n) is 4.99. The predicted octanol–water partition coefficient (Wildman–Crippen LogP) is 5.64. The number of benzene rings is 3. The van der Waals surface area contributed by atoms with Crippen molar-refractivity contribution in [1.82, 2.24) is 5.32 Å². The summed E-state index contributed by atoms with van der Waals surface area (Å²) >= 11 is 0. The number of ether oxygens (including phenoxy) is 2. The van der Waals surface area contributed by atoms with Crippen molar-refractivity contribution in [2.45, 2.75) is 39.3 Å². The summed E-state index contributed by atoms with van der Waals surface area (Å²) in [6, 6.07) is 19.3. The van der Waals surface area contributed by atoms with Crippen LogP contribution in [0.1, 0.15) is 47.8 Å².